The van der Waals surface area contributed by atoms with Gasteiger partial charge in [-0.15, -0.1) is 0 Å². The predicted molar refractivity (Wildman–Crippen MR) is 68.3 cm³/mol. The average Bonchev–Trinajstić information content (AvgIpc) is 2.71. The minimum absolute atomic E-state index is 0.0719. The first kappa shape index (κ1) is 12.7. The van der Waals surface area contributed by atoms with Crippen LogP contribution in [-0.4, -0.2) is 44.4 Å². The van der Waals surface area contributed by atoms with E-state index in [1.165, 1.54) is 32.4 Å². The molecule has 2 heterocycles. The van der Waals surface area contributed by atoms with E-state index in [9.17, 15) is 5.11 Å². The number of hydrogen-bond donors (Lipinski definition) is 2. The summed E-state index contributed by atoms with van der Waals surface area (Å²) in [5.74, 6) is 0.625. The molecule has 1 aliphatic heterocycles. The molecule has 0 radical (unpaired) electrons. The maximum atomic E-state index is 9.22. The predicted octanol–water partition coefficient (Wildman–Crippen LogP) is 1.48. The van der Waals surface area contributed by atoms with Crippen LogP contribution in [-0.2, 0) is 6.61 Å². The maximum absolute atomic E-state index is 9.22. The van der Waals surface area contributed by atoms with Crippen LogP contribution in [0.4, 0.5) is 0 Å². The molecule has 2 N–H and O–H groups in total. The Hall–Kier alpha value is -0.720. The molecule has 1 unspecified atom stereocenters. The van der Waals surface area contributed by atoms with Gasteiger partial charge >= 0.3 is 0 Å². The lowest BCUT2D eigenvalue weighted by Gasteiger charge is -2.29. The summed E-state index contributed by atoms with van der Waals surface area (Å²) < 4.78 is 2.52. The molecule has 1 atom stereocenters. The Bertz CT molecular complexity index is 408. The molecule has 1 saturated heterocycles. The molecule has 1 aromatic rings. The number of H-pyrrole nitrogens is 1. The monoisotopic (exact) mass is 256 g/mol. The van der Waals surface area contributed by atoms with E-state index < -0.39 is 0 Å². The summed E-state index contributed by atoms with van der Waals surface area (Å²) >= 11 is 5.20. The van der Waals surface area contributed by atoms with Crippen molar-refractivity contribution in [2.45, 2.75) is 38.8 Å². The summed E-state index contributed by atoms with van der Waals surface area (Å²) in [5, 5.41) is 16.0. The van der Waals surface area contributed by atoms with E-state index in [1.807, 2.05) is 4.57 Å². The molecule has 17 heavy (non-hydrogen) atoms. The molecule has 5 nitrogen and oxygen atoms in total. The molecular formula is C11H20N4OS. The Kier molecular flexibility index (Phi) is 4.31. The van der Waals surface area contributed by atoms with Crippen LogP contribution in [0.15, 0.2) is 0 Å². The minimum Gasteiger partial charge on any atom is -0.388 e. The Morgan fingerprint density at radius 2 is 2.12 bits per heavy atom. The lowest BCUT2D eigenvalue weighted by atomic mass is 10.1. The second kappa shape index (κ2) is 5.75. The van der Waals surface area contributed by atoms with Crippen molar-refractivity contribution < 1.29 is 5.11 Å². The first-order chi connectivity index (χ1) is 8.22. The fourth-order valence-corrected chi connectivity index (χ4v) is 2.83. The van der Waals surface area contributed by atoms with Gasteiger partial charge in [-0.25, -0.2) is 0 Å². The largest absolute Gasteiger partial charge is 0.388 e. The van der Waals surface area contributed by atoms with Crippen LogP contribution < -0.4 is 0 Å². The Morgan fingerprint density at radius 1 is 1.41 bits per heavy atom. The SMILES string of the molecule is CC(CN1CCCCC1)n1c(CO)n[nH]c1=S. The third-order valence-corrected chi connectivity index (χ3v) is 3.62. The first-order valence-corrected chi connectivity index (χ1v) is 6.62. The fourth-order valence-electron chi connectivity index (χ4n) is 2.50. The van der Waals surface area contributed by atoms with Crippen molar-refractivity contribution in [2.75, 3.05) is 19.6 Å². The van der Waals surface area contributed by atoms with Gasteiger partial charge in [-0.2, -0.15) is 5.10 Å². The van der Waals surface area contributed by atoms with Gasteiger partial charge in [-0.1, -0.05) is 6.42 Å². The van der Waals surface area contributed by atoms with E-state index in [4.69, 9.17) is 12.2 Å². The molecule has 0 saturated carbocycles. The third kappa shape index (κ3) is 2.94. The summed E-state index contributed by atoms with van der Waals surface area (Å²) in [6.45, 7) is 5.37. The minimum atomic E-state index is -0.0719. The third-order valence-electron chi connectivity index (χ3n) is 3.33. The number of aromatic nitrogens is 3. The summed E-state index contributed by atoms with van der Waals surface area (Å²) in [5.41, 5.74) is 0. The van der Waals surface area contributed by atoms with E-state index in [2.05, 4.69) is 22.0 Å². The number of aromatic amines is 1. The number of nitrogens with one attached hydrogen (secondary N) is 1. The second-order valence-electron chi connectivity index (χ2n) is 4.68. The van der Waals surface area contributed by atoms with E-state index in [0.29, 0.717) is 10.6 Å². The van der Waals surface area contributed by atoms with E-state index in [-0.39, 0.29) is 12.6 Å². The number of likely N-dealkylation sites (tertiary alicyclic amines) is 1. The summed E-state index contributed by atoms with van der Waals surface area (Å²) in [7, 11) is 0. The van der Waals surface area contributed by atoms with Crippen LogP contribution in [0.1, 0.15) is 38.1 Å². The topological polar surface area (TPSA) is 57.1 Å². The van der Waals surface area contributed by atoms with Crippen molar-refractivity contribution >= 4 is 12.2 Å². The number of piperidine rings is 1. The van der Waals surface area contributed by atoms with Gasteiger partial charge in [0, 0.05) is 12.6 Å². The molecular weight excluding hydrogens is 236 g/mol. The summed E-state index contributed by atoms with van der Waals surface area (Å²) in [6.07, 6.45) is 3.92. The molecule has 0 bridgehead atoms. The van der Waals surface area contributed by atoms with Gasteiger partial charge in [0.2, 0.25) is 0 Å². The van der Waals surface area contributed by atoms with Crippen LogP contribution in [0.5, 0.6) is 0 Å². The van der Waals surface area contributed by atoms with E-state index >= 15 is 0 Å². The molecule has 2 rings (SSSR count). The van der Waals surface area contributed by atoms with Gasteiger partial charge in [-0.3, -0.25) is 9.67 Å². The summed E-state index contributed by atoms with van der Waals surface area (Å²) in [6, 6.07) is 0.251. The van der Waals surface area contributed by atoms with E-state index in [0.717, 1.165) is 6.54 Å². The van der Waals surface area contributed by atoms with Crippen LogP contribution in [0.25, 0.3) is 0 Å². The maximum Gasteiger partial charge on any atom is 0.195 e. The first-order valence-electron chi connectivity index (χ1n) is 6.21. The Morgan fingerprint density at radius 3 is 2.76 bits per heavy atom. The van der Waals surface area contributed by atoms with Gasteiger partial charge < -0.3 is 10.0 Å². The fraction of sp³-hybridized carbons (Fsp3) is 0.818. The van der Waals surface area contributed by atoms with Crippen molar-refractivity contribution in [1.82, 2.24) is 19.7 Å². The highest BCUT2D eigenvalue weighted by Crippen LogP contribution is 2.15. The van der Waals surface area contributed by atoms with Crippen LogP contribution >= 0.6 is 12.2 Å². The normalized spacial score (nSPS) is 19.4. The molecule has 1 aromatic heterocycles. The van der Waals surface area contributed by atoms with Gasteiger partial charge in [-0.05, 0) is 45.1 Å². The van der Waals surface area contributed by atoms with Crippen molar-refractivity contribution in [3.63, 3.8) is 0 Å². The molecule has 0 aliphatic carbocycles. The van der Waals surface area contributed by atoms with Gasteiger partial charge in [0.1, 0.15) is 6.61 Å². The van der Waals surface area contributed by atoms with Crippen LogP contribution in [0, 0.1) is 4.77 Å². The molecule has 96 valence electrons. The number of aliphatic hydroxyl groups is 1. The number of hydrogen-bond acceptors (Lipinski definition) is 4. The highest BCUT2D eigenvalue weighted by molar-refractivity contribution is 7.71. The van der Waals surface area contributed by atoms with Crippen molar-refractivity contribution in [3.8, 4) is 0 Å². The number of aliphatic hydroxyl groups excluding tert-OH is 1. The van der Waals surface area contributed by atoms with Crippen LogP contribution in [0.3, 0.4) is 0 Å². The van der Waals surface area contributed by atoms with E-state index in [1.54, 1.807) is 0 Å². The Labute approximate surface area is 106 Å². The Balaban J connectivity index is 2.05. The quantitative estimate of drug-likeness (QED) is 0.801. The standard InChI is InChI=1S/C11H20N4OS/c1-9(7-14-5-3-2-4-6-14)15-10(8-16)12-13-11(15)17/h9,16H,2-8H2,1H3,(H,13,17). The van der Waals surface area contributed by atoms with Gasteiger partial charge in [0.05, 0.1) is 0 Å². The van der Waals surface area contributed by atoms with Crippen molar-refractivity contribution in [3.05, 3.63) is 10.6 Å². The zero-order chi connectivity index (χ0) is 12.3. The van der Waals surface area contributed by atoms with Gasteiger partial charge in [0.25, 0.3) is 0 Å². The highest BCUT2D eigenvalue weighted by Gasteiger charge is 2.17. The molecule has 6 heteroatoms. The average molecular weight is 256 g/mol. The van der Waals surface area contributed by atoms with Crippen molar-refractivity contribution in [2.24, 2.45) is 0 Å². The molecule has 0 spiro atoms. The van der Waals surface area contributed by atoms with Gasteiger partial charge in [0.15, 0.2) is 10.6 Å². The zero-order valence-corrected chi connectivity index (χ0v) is 11.0. The van der Waals surface area contributed by atoms with Crippen LogP contribution in [0.2, 0.25) is 0 Å². The number of nitrogens with zero attached hydrogens (tertiary/aromatic N) is 3. The lowest BCUT2D eigenvalue weighted by molar-refractivity contribution is 0.194. The zero-order valence-electron chi connectivity index (χ0n) is 10.2. The molecule has 0 aromatic carbocycles. The van der Waals surface area contributed by atoms with Crippen molar-refractivity contribution in [1.29, 1.82) is 0 Å². The molecule has 0 amide bonds. The highest BCUT2D eigenvalue weighted by atomic mass is 32.1. The number of rotatable bonds is 4. The molecule has 1 fully saturated rings. The summed E-state index contributed by atoms with van der Waals surface area (Å²) in [4.78, 5) is 2.46. The molecule has 1 aliphatic rings. The smallest absolute Gasteiger partial charge is 0.195 e. The second-order valence-corrected chi connectivity index (χ2v) is 5.07. The lowest BCUT2D eigenvalue weighted by Crippen LogP contribution is -2.34.